The van der Waals surface area contributed by atoms with Gasteiger partial charge < -0.3 is 0 Å². The molecule has 2 aromatic rings. The molecule has 3 rings (SSSR count). The lowest BCUT2D eigenvalue weighted by Gasteiger charge is -2.12. The van der Waals surface area contributed by atoms with Crippen LogP contribution in [0.25, 0.3) is 6.08 Å². The second kappa shape index (κ2) is 7.72. The number of rotatable bonds is 5. The summed E-state index contributed by atoms with van der Waals surface area (Å²) in [5.74, 6) is -0.291. The van der Waals surface area contributed by atoms with E-state index in [4.69, 9.17) is 0 Å². The standard InChI is InChI=1S/C19H16N2O3S2/c1-2-13-21-18(22)17(14-15-9-5-3-6-10-15)25-19(21)20-26(23,24)16-11-7-4-8-12-16/h2-12,14H,1,13H2/b17-14-,20-19?. The second-order valence-electron chi connectivity index (χ2n) is 5.39. The molecule has 0 spiro atoms. The Morgan fingerprint density at radius 3 is 2.27 bits per heavy atom. The summed E-state index contributed by atoms with van der Waals surface area (Å²) in [6.45, 7) is 3.81. The highest BCUT2D eigenvalue weighted by atomic mass is 32.2. The highest BCUT2D eigenvalue weighted by Crippen LogP contribution is 2.33. The molecule has 1 heterocycles. The van der Waals surface area contributed by atoms with E-state index >= 15 is 0 Å². The molecule has 1 fully saturated rings. The maximum Gasteiger partial charge on any atom is 0.284 e. The van der Waals surface area contributed by atoms with Gasteiger partial charge in [0.15, 0.2) is 5.17 Å². The molecular weight excluding hydrogens is 368 g/mol. The molecule has 0 saturated carbocycles. The van der Waals surface area contributed by atoms with Gasteiger partial charge in [0, 0.05) is 6.54 Å². The molecule has 1 aliphatic rings. The van der Waals surface area contributed by atoms with Crippen LogP contribution in [0.2, 0.25) is 0 Å². The van der Waals surface area contributed by atoms with Crippen LogP contribution in [-0.4, -0.2) is 30.9 Å². The van der Waals surface area contributed by atoms with Crippen molar-refractivity contribution < 1.29 is 13.2 Å². The summed E-state index contributed by atoms with van der Waals surface area (Å²) in [5.41, 5.74) is 0.856. The molecule has 132 valence electrons. The van der Waals surface area contributed by atoms with Gasteiger partial charge >= 0.3 is 0 Å². The minimum absolute atomic E-state index is 0.0830. The summed E-state index contributed by atoms with van der Waals surface area (Å²) in [6.07, 6.45) is 3.26. The molecule has 5 nitrogen and oxygen atoms in total. The summed E-state index contributed by atoms with van der Waals surface area (Å²) in [6, 6.07) is 17.3. The van der Waals surface area contributed by atoms with Crippen molar-refractivity contribution in [2.24, 2.45) is 4.40 Å². The average molecular weight is 384 g/mol. The molecule has 7 heteroatoms. The molecule has 1 aliphatic heterocycles. The Kier molecular flexibility index (Phi) is 5.39. The van der Waals surface area contributed by atoms with E-state index in [0.717, 1.165) is 17.3 Å². The van der Waals surface area contributed by atoms with Crippen LogP contribution in [0.1, 0.15) is 5.56 Å². The Labute approximate surface area is 156 Å². The summed E-state index contributed by atoms with van der Waals surface area (Å²) >= 11 is 1.04. The quantitative estimate of drug-likeness (QED) is 0.584. The van der Waals surface area contributed by atoms with Crippen molar-refractivity contribution in [1.82, 2.24) is 4.90 Å². The summed E-state index contributed by atoms with van der Waals surface area (Å²) in [5, 5.41) is 0.126. The highest BCUT2D eigenvalue weighted by molar-refractivity contribution is 8.19. The van der Waals surface area contributed by atoms with E-state index in [1.54, 1.807) is 24.3 Å². The van der Waals surface area contributed by atoms with Crippen molar-refractivity contribution in [3.05, 3.63) is 83.8 Å². The minimum Gasteiger partial charge on any atom is -0.282 e. The number of sulfonamides is 1. The molecule has 0 aromatic heterocycles. The Bertz CT molecular complexity index is 982. The van der Waals surface area contributed by atoms with Gasteiger partial charge in [0.1, 0.15) is 0 Å². The van der Waals surface area contributed by atoms with Gasteiger partial charge in [-0.15, -0.1) is 11.0 Å². The zero-order valence-electron chi connectivity index (χ0n) is 13.8. The SMILES string of the molecule is C=CCN1C(=O)/C(=C/c2ccccc2)SC1=NS(=O)(=O)c1ccccc1. The lowest BCUT2D eigenvalue weighted by Crippen LogP contribution is -2.29. The maximum atomic E-state index is 12.6. The van der Waals surface area contributed by atoms with Crippen LogP contribution in [0, 0.1) is 0 Å². The monoisotopic (exact) mass is 384 g/mol. The molecule has 0 N–H and O–H groups in total. The molecule has 1 amide bonds. The number of amidine groups is 1. The van der Waals surface area contributed by atoms with E-state index in [2.05, 4.69) is 11.0 Å². The largest absolute Gasteiger partial charge is 0.284 e. The van der Waals surface area contributed by atoms with E-state index in [9.17, 15) is 13.2 Å². The third kappa shape index (κ3) is 3.95. The Morgan fingerprint density at radius 2 is 1.65 bits per heavy atom. The summed E-state index contributed by atoms with van der Waals surface area (Å²) in [4.78, 5) is 14.5. The van der Waals surface area contributed by atoms with Crippen LogP contribution in [0.3, 0.4) is 0 Å². The minimum atomic E-state index is -3.90. The first-order valence-electron chi connectivity index (χ1n) is 7.78. The fraction of sp³-hybridized carbons (Fsp3) is 0.0526. The summed E-state index contributed by atoms with van der Waals surface area (Å²) in [7, 11) is -3.90. The van der Waals surface area contributed by atoms with Gasteiger partial charge in [-0.2, -0.15) is 8.42 Å². The Morgan fingerprint density at radius 1 is 1.04 bits per heavy atom. The molecule has 2 aromatic carbocycles. The van der Waals surface area contributed by atoms with E-state index < -0.39 is 10.0 Å². The number of benzene rings is 2. The van der Waals surface area contributed by atoms with Gasteiger partial charge in [0.25, 0.3) is 15.9 Å². The van der Waals surface area contributed by atoms with Crippen molar-refractivity contribution in [1.29, 1.82) is 0 Å². The van der Waals surface area contributed by atoms with Gasteiger partial charge in [-0.05, 0) is 35.5 Å². The number of thioether (sulfide) groups is 1. The van der Waals surface area contributed by atoms with Gasteiger partial charge in [-0.3, -0.25) is 9.69 Å². The maximum absolute atomic E-state index is 12.6. The van der Waals surface area contributed by atoms with Crippen molar-refractivity contribution in [2.75, 3.05) is 6.54 Å². The molecule has 0 atom stereocenters. The molecular formula is C19H16N2O3S2. The van der Waals surface area contributed by atoms with Crippen LogP contribution >= 0.6 is 11.8 Å². The second-order valence-corrected chi connectivity index (χ2v) is 8.00. The smallest absolute Gasteiger partial charge is 0.282 e. The first-order valence-corrected chi connectivity index (χ1v) is 10.0. The fourth-order valence-corrected chi connectivity index (χ4v) is 4.53. The van der Waals surface area contributed by atoms with Gasteiger partial charge in [0.05, 0.1) is 9.80 Å². The predicted molar refractivity (Wildman–Crippen MR) is 105 cm³/mol. The molecule has 26 heavy (non-hydrogen) atoms. The lowest BCUT2D eigenvalue weighted by atomic mass is 10.2. The molecule has 0 aliphatic carbocycles. The topological polar surface area (TPSA) is 66.8 Å². The van der Waals surface area contributed by atoms with Crippen LogP contribution < -0.4 is 0 Å². The first-order chi connectivity index (χ1) is 12.5. The number of hydrogen-bond acceptors (Lipinski definition) is 4. The van der Waals surface area contributed by atoms with Crippen molar-refractivity contribution in [3.63, 3.8) is 0 Å². The summed E-state index contributed by atoms with van der Waals surface area (Å²) < 4.78 is 28.9. The zero-order chi connectivity index (χ0) is 18.6. The number of amides is 1. The Hall–Kier alpha value is -2.64. The number of nitrogens with zero attached hydrogens (tertiary/aromatic N) is 2. The van der Waals surface area contributed by atoms with Crippen LogP contribution in [-0.2, 0) is 14.8 Å². The predicted octanol–water partition coefficient (Wildman–Crippen LogP) is 3.53. The zero-order valence-corrected chi connectivity index (χ0v) is 15.4. The molecule has 0 radical (unpaired) electrons. The number of hydrogen-bond donors (Lipinski definition) is 0. The van der Waals surface area contributed by atoms with E-state index in [1.165, 1.54) is 23.1 Å². The van der Waals surface area contributed by atoms with Crippen LogP contribution in [0.5, 0.6) is 0 Å². The van der Waals surface area contributed by atoms with Crippen molar-refractivity contribution in [3.8, 4) is 0 Å². The Balaban J connectivity index is 1.99. The fourth-order valence-electron chi connectivity index (χ4n) is 2.31. The van der Waals surface area contributed by atoms with E-state index in [0.29, 0.717) is 4.91 Å². The highest BCUT2D eigenvalue weighted by Gasteiger charge is 2.34. The average Bonchev–Trinajstić information content (AvgIpc) is 2.92. The van der Waals surface area contributed by atoms with Crippen LogP contribution in [0.15, 0.2) is 87.5 Å². The van der Waals surface area contributed by atoms with Gasteiger partial charge in [-0.1, -0.05) is 54.6 Å². The van der Waals surface area contributed by atoms with Crippen molar-refractivity contribution in [2.45, 2.75) is 4.90 Å². The van der Waals surface area contributed by atoms with E-state index in [1.807, 2.05) is 30.3 Å². The van der Waals surface area contributed by atoms with Crippen molar-refractivity contribution >= 4 is 38.9 Å². The first kappa shape index (κ1) is 18.2. The third-order valence-electron chi connectivity index (χ3n) is 3.54. The number of carbonyl (C=O) groups excluding carboxylic acids is 1. The lowest BCUT2D eigenvalue weighted by molar-refractivity contribution is -0.121. The molecule has 0 unspecified atom stereocenters. The normalized spacial score (nSPS) is 17.8. The number of carbonyl (C=O) groups is 1. The molecule has 0 bridgehead atoms. The third-order valence-corrected chi connectivity index (χ3v) is 5.94. The van der Waals surface area contributed by atoms with Crippen LogP contribution in [0.4, 0.5) is 0 Å². The molecule has 1 saturated heterocycles. The van der Waals surface area contributed by atoms with Gasteiger partial charge in [-0.25, -0.2) is 0 Å². The van der Waals surface area contributed by atoms with E-state index in [-0.39, 0.29) is 22.5 Å². The van der Waals surface area contributed by atoms with Gasteiger partial charge in [0.2, 0.25) is 0 Å².